The largest absolute Gasteiger partial charge is 0.780 e. The SMILES string of the molecule is COCC1OC(n2ccc(N)nc2=O)C(O)C1OP([O-])(=S)OC.COCC1OC(n2ccc3c(=O)[nH]c(N)nc32)CC1OP(=O)([S-])OC.COCC1OC(n2cnc3c(=O)[nH]c(N)nc32)C(O)C1OP([O-])(=S)OC.COCCCOP([O-])(=S)OC.COP([O-])(=S)OCC(O)COP(O)(=S)OC. The Bertz CT molecular complexity index is 3900. The Balaban J connectivity index is 0.000000275. The van der Waals surface area contributed by atoms with Crippen molar-refractivity contribution in [3.63, 3.8) is 0 Å². The third-order valence-corrected chi connectivity index (χ3v) is 23.3. The predicted octanol–water partition coefficient (Wildman–Crippen LogP) is -2.76. The molecule has 3 fully saturated rings. The minimum atomic E-state index is -3.82. The summed E-state index contributed by atoms with van der Waals surface area (Å²) in [7, 11) is 13.0. The molecule has 0 spiro atoms. The lowest BCUT2D eigenvalue weighted by molar-refractivity contribution is -0.213. The first-order chi connectivity index (χ1) is 47.2. The number of methoxy groups -OCH3 is 4. The lowest BCUT2D eigenvalue weighted by atomic mass is 10.1. The maximum Gasteiger partial charge on any atom is 0.351 e. The van der Waals surface area contributed by atoms with Crippen molar-refractivity contribution < 1.29 is 132 Å². The number of rotatable bonds is 32. The summed E-state index contributed by atoms with van der Waals surface area (Å²) in [6.07, 6.45) is -6.12. The van der Waals surface area contributed by atoms with Crippen LogP contribution >= 0.6 is 40.4 Å². The molecule has 3 aliphatic rings. The van der Waals surface area contributed by atoms with E-state index in [1.54, 1.807) is 23.9 Å². The van der Waals surface area contributed by atoms with E-state index in [1.165, 1.54) is 65.8 Å². The van der Waals surface area contributed by atoms with Crippen LogP contribution < -0.4 is 53.6 Å². The highest BCUT2D eigenvalue weighted by Crippen LogP contribution is 2.50. The fraction of sp³-hybridized carbons (Fsp3) is 0.674. The van der Waals surface area contributed by atoms with Crippen LogP contribution in [0.2, 0.25) is 0 Å². The molecule has 101 heavy (non-hydrogen) atoms. The number of ether oxygens (including phenoxy) is 7. The van der Waals surface area contributed by atoms with Gasteiger partial charge in [0.05, 0.1) is 57.5 Å². The number of aromatic nitrogens is 9. The van der Waals surface area contributed by atoms with Crippen LogP contribution in [0.3, 0.4) is 0 Å². The van der Waals surface area contributed by atoms with Crippen LogP contribution in [0.25, 0.3) is 22.2 Å². The molecule has 43 nitrogen and oxygen atoms in total. The summed E-state index contributed by atoms with van der Waals surface area (Å²) in [5.74, 6) is -0.0760. The van der Waals surface area contributed by atoms with E-state index >= 15 is 0 Å². The molecule has 18 unspecified atom stereocenters. The van der Waals surface area contributed by atoms with Crippen LogP contribution in [0.5, 0.6) is 0 Å². The van der Waals surface area contributed by atoms with Gasteiger partial charge in [-0.05, 0) is 30.4 Å². The van der Waals surface area contributed by atoms with E-state index in [-0.39, 0.29) is 67.5 Å². The van der Waals surface area contributed by atoms with Gasteiger partial charge >= 0.3 is 12.4 Å². The number of fused-ring (bicyclic) bond motifs is 2. The average molecular weight is 1670 g/mol. The zero-order valence-corrected chi connectivity index (χ0v) is 65.3. The van der Waals surface area contributed by atoms with Crippen LogP contribution in [0.15, 0.2) is 45.2 Å². The molecule has 12 N–H and O–H groups in total. The molecule has 18 atom stereocenters. The van der Waals surface area contributed by atoms with E-state index in [9.17, 15) is 58.7 Å². The molecule has 0 saturated carbocycles. The molecule has 0 radical (unpaired) electrons. The van der Waals surface area contributed by atoms with Gasteiger partial charge in [-0.3, -0.25) is 33.3 Å². The quantitative estimate of drug-likeness (QED) is 0.0120. The highest BCUT2D eigenvalue weighted by molar-refractivity contribution is 8.32. The van der Waals surface area contributed by atoms with Gasteiger partial charge in [0.2, 0.25) is 11.9 Å². The topological polar surface area (TPSA) is 593 Å². The molecular weight excluding hydrogens is 1590 g/mol. The van der Waals surface area contributed by atoms with E-state index in [0.717, 1.165) is 25.9 Å². The third-order valence-electron chi connectivity index (χ3n) is 13.3. The number of nitrogen functional groups attached to an aromatic ring is 3. The van der Waals surface area contributed by atoms with Gasteiger partial charge in [0.1, 0.15) is 87.8 Å². The third kappa shape index (κ3) is 28.4. The molecule has 0 bridgehead atoms. The number of anilines is 3. The van der Waals surface area contributed by atoms with Gasteiger partial charge in [-0.1, -0.05) is 47.2 Å². The number of imidazole rings is 1. The number of hydrogen-bond donors (Lipinski definition) is 9. The Morgan fingerprint density at radius 2 is 1.12 bits per heavy atom. The lowest BCUT2D eigenvalue weighted by Crippen LogP contribution is -2.38. The standard InChI is InChI=1S/C13H19N4O6PS.C12H18N5O7PS.C11H18N3O7PS.C5H14O7P2S2.C5H13O4PS/c1-20-6-9-8(23-24(19,25)21-2)5-10(22-9)17-4-3-7-11(17)15-13(14)16-12(7)18;1-21-3-5-8(24-25(20,26)22-2)7(18)11(23-5)17-4-14-6-9(17)15-12(13)16-10(6)19;1-18-5-6-9(21-22(17,23)19-2)8(15)10(20-6)14-4-3-7(12)13-11(14)16;1-9-13(7,15)11-3-5(6)4-12-14(8,16)10-2;1-7-4-3-5-9-10(6,11)8-2/h3-4,8-10H,5-6H2,1-2H3,(H,19,25)(H3,14,15,16,18);4-5,7-8,11,18H,3H2,1-2H3,(H,20,26)(H3,13,15,16,19);3-4,6,8-10,15H,5H2,1-2H3,(H,17,23)(H2,12,13,16);5-6H,3-4H2,1-2H3,(H,7,15)(H,8,16);3-5H2,1-2H3,(H,6,11)/p-5. The Labute approximate surface area is 606 Å². The fourth-order valence-corrected chi connectivity index (χ4v) is 13.5. The second-order valence-corrected chi connectivity index (χ2v) is 37.2. The molecular formula is C46H77N12O31P6S6-5. The number of aliphatic hydroxyl groups excluding tert-OH is 3. The Morgan fingerprint density at radius 1 is 0.624 bits per heavy atom. The van der Waals surface area contributed by atoms with Gasteiger partial charge in [0.15, 0.2) is 36.1 Å². The number of aliphatic hydroxyl groups is 3. The molecule has 0 aromatic carbocycles. The molecule has 8 rings (SSSR count). The number of aromatic amines is 2. The molecule has 3 aliphatic heterocycles. The van der Waals surface area contributed by atoms with Crippen molar-refractivity contribution in [2.75, 3.05) is 135 Å². The van der Waals surface area contributed by atoms with Crippen LogP contribution in [0.1, 0.15) is 31.5 Å². The van der Waals surface area contributed by atoms with E-state index in [4.69, 9.17) is 102 Å². The van der Waals surface area contributed by atoms with Gasteiger partial charge in [-0.15, -0.1) is 0 Å². The summed E-state index contributed by atoms with van der Waals surface area (Å²) in [5.41, 5.74) is 15.6. The van der Waals surface area contributed by atoms with Crippen molar-refractivity contribution in [3.05, 3.63) is 62.0 Å². The summed E-state index contributed by atoms with van der Waals surface area (Å²) in [4.78, 5) is 111. The first-order valence-corrected chi connectivity index (χ1v) is 43.7. The molecule has 5 aromatic heterocycles. The number of nitrogens with one attached hydrogen (secondary N) is 2. The minimum absolute atomic E-state index is 0.00568. The molecule has 0 aliphatic carbocycles. The molecule has 0 amide bonds. The Hall–Kier alpha value is -2.20. The van der Waals surface area contributed by atoms with E-state index in [1.807, 2.05) is 0 Å². The summed E-state index contributed by atoms with van der Waals surface area (Å²) >= 11 is 27.6. The molecule has 5 aromatic rings. The van der Waals surface area contributed by atoms with Crippen molar-refractivity contribution >= 4 is 152 Å². The average Bonchev–Trinajstić information content (AvgIpc) is 1.58. The molecule has 578 valence electrons. The number of nitrogens with two attached hydrogens (primary N) is 3. The van der Waals surface area contributed by atoms with Crippen molar-refractivity contribution in [3.8, 4) is 0 Å². The van der Waals surface area contributed by atoms with Crippen molar-refractivity contribution in [1.29, 1.82) is 0 Å². The first-order valence-electron chi connectivity index (χ1n) is 28.4. The van der Waals surface area contributed by atoms with Crippen LogP contribution in [0.4, 0.5) is 17.7 Å². The normalized spacial score (nSPS) is 25.8. The van der Waals surface area contributed by atoms with Crippen LogP contribution in [0, 0.1) is 0 Å². The van der Waals surface area contributed by atoms with Gasteiger partial charge < -0.3 is 161 Å². The number of H-pyrrole nitrogens is 2. The zero-order chi connectivity index (χ0) is 76.0. The van der Waals surface area contributed by atoms with Crippen molar-refractivity contribution in [2.24, 2.45) is 0 Å². The van der Waals surface area contributed by atoms with Gasteiger partial charge in [-0.2, -0.15) is 15.0 Å². The number of nitrogens with zero attached hydrogens (tertiary/aromatic N) is 7. The monoisotopic (exact) mass is 1670 g/mol. The maximum absolute atomic E-state index is 12.0. The zero-order valence-electron chi connectivity index (χ0n) is 55.0. The second-order valence-electron chi connectivity index (χ2n) is 20.1. The molecule has 55 heteroatoms. The van der Waals surface area contributed by atoms with Crippen molar-refractivity contribution in [2.45, 2.75) is 86.5 Å². The minimum Gasteiger partial charge on any atom is -0.780 e. The lowest BCUT2D eigenvalue weighted by Gasteiger charge is -2.31. The van der Waals surface area contributed by atoms with Crippen molar-refractivity contribution in [1.82, 2.24) is 43.6 Å². The van der Waals surface area contributed by atoms with E-state index in [2.05, 4.69) is 104 Å². The highest BCUT2D eigenvalue weighted by Gasteiger charge is 2.49. The summed E-state index contributed by atoms with van der Waals surface area (Å²) in [5, 5.41) is 30.7. The number of hydrogen-bond acceptors (Lipinski definition) is 43. The first kappa shape index (κ1) is 91.2. The van der Waals surface area contributed by atoms with E-state index in [0.29, 0.717) is 37.1 Å². The summed E-state index contributed by atoms with van der Waals surface area (Å²) in [6.45, 7) is -20.8. The van der Waals surface area contributed by atoms with Gasteiger partial charge in [0.25, 0.3) is 11.1 Å². The van der Waals surface area contributed by atoms with Crippen LogP contribution in [-0.4, -0.2) is 236 Å². The smallest absolute Gasteiger partial charge is 0.351 e. The second kappa shape index (κ2) is 42.0. The van der Waals surface area contributed by atoms with Gasteiger partial charge in [-0.25, -0.2) is 9.78 Å². The van der Waals surface area contributed by atoms with E-state index < -0.39 is 125 Å². The molecule has 3 saturated heterocycles. The Kier molecular flexibility index (Phi) is 37.9. The fourth-order valence-electron chi connectivity index (χ4n) is 8.63. The Morgan fingerprint density at radius 3 is 1.62 bits per heavy atom. The summed E-state index contributed by atoms with van der Waals surface area (Å²) < 4.78 is 110. The maximum atomic E-state index is 12.0. The summed E-state index contributed by atoms with van der Waals surface area (Å²) in [6, 6.07) is 3.00. The van der Waals surface area contributed by atoms with Gasteiger partial charge in [0, 0.05) is 96.5 Å². The van der Waals surface area contributed by atoms with Crippen LogP contribution in [-0.2, 0) is 163 Å². The molecule has 8 heterocycles. The predicted molar refractivity (Wildman–Crippen MR) is 370 cm³/mol. The highest BCUT2D eigenvalue weighted by atomic mass is 32.7.